The van der Waals surface area contributed by atoms with Crippen LogP contribution in [0, 0.1) is 6.92 Å². The molecule has 162 valence electrons. The van der Waals surface area contributed by atoms with Gasteiger partial charge in [-0.15, -0.1) is 0 Å². The van der Waals surface area contributed by atoms with Crippen LogP contribution in [0.4, 0.5) is 11.5 Å². The first-order valence-corrected chi connectivity index (χ1v) is 10.3. The second-order valence-corrected chi connectivity index (χ2v) is 7.92. The van der Waals surface area contributed by atoms with E-state index < -0.39 is 6.04 Å². The number of benzene rings is 2. The van der Waals surface area contributed by atoms with E-state index >= 15 is 0 Å². The first-order valence-electron chi connectivity index (χ1n) is 9.92. The Morgan fingerprint density at radius 1 is 1.16 bits per heavy atom. The summed E-state index contributed by atoms with van der Waals surface area (Å²) >= 11 is 6.01. The molecule has 1 aromatic heterocycles. The van der Waals surface area contributed by atoms with Crippen LogP contribution in [0.15, 0.2) is 54.9 Å². The van der Waals surface area contributed by atoms with Gasteiger partial charge < -0.3 is 15.5 Å². The smallest absolute Gasteiger partial charge is 0.256 e. The van der Waals surface area contributed by atoms with E-state index in [0.717, 1.165) is 5.56 Å². The second kappa shape index (κ2) is 8.76. The van der Waals surface area contributed by atoms with Gasteiger partial charge in [0.05, 0.1) is 23.1 Å². The van der Waals surface area contributed by atoms with E-state index in [4.69, 9.17) is 11.6 Å². The summed E-state index contributed by atoms with van der Waals surface area (Å²) in [6.07, 6.45) is 3.07. The van der Waals surface area contributed by atoms with Crippen LogP contribution in [0.1, 0.15) is 38.9 Å². The van der Waals surface area contributed by atoms with Gasteiger partial charge in [0.1, 0.15) is 6.04 Å². The zero-order valence-corrected chi connectivity index (χ0v) is 18.2. The third-order valence-corrected chi connectivity index (χ3v) is 5.38. The second-order valence-electron chi connectivity index (χ2n) is 7.48. The zero-order valence-electron chi connectivity index (χ0n) is 17.4. The van der Waals surface area contributed by atoms with Crippen LogP contribution in [0.5, 0.6) is 0 Å². The standard InChI is InChI=1S/C23H20ClN5O3/c1-13-10-25-11-20(26-13)28-22(31)16-5-3-15(4-6-16)12-29-14(2)21(30)27-19-9-17(24)7-8-18(19)23(29)32/h3-11,14H,12H2,1-2H3,(H,27,30)(H,26,28,31)/t14-/m1/s1. The number of amides is 3. The Kier molecular flexibility index (Phi) is 5.87. The number of aromatic nitrogens is 2. The van der Waals surface area contributed by atoms with E-state index in [1.807, 2.05) is 0 Å². The van der Waals surface area contributed by atoms with Gasteiger partial charge in [-0.1, -0.05) is 23.7 Å². The molecule has 32 heavy (non-hydrogen) atoms. The number of rotatable bonds is 4. The van der Waals surface area contributed by atoms with E-state index in [9.17, 15) is 14.4 Å². The van der Waals surface area contributed by atoms with Crippen LogP contribution in [-0.2, 0) is 11.3 Å². The number of carbonyl (C=O) groups excluding carboxylic acids is 3. The summed E-state index contributed by atoms with van der Waals surface area (Å²) in [6, 6.07) is 10.9. The van der Waals surface area contributed by atoms with E-state index in [1.165, 1.54) is 11.1 Å². The SMILES string of the molecule is Cc1cncc(NC(=O)c2ccc(CN3C(=O)c4ccc(Cl)cc4NC(=O)[C@H]3C)cc2)n1. The quantitative estimate of drug-likeness (QED) is 0.632. The molecule has 0 saturated heterocycles. The number of anilines is 2. The third kappa shape index (κ3) is 4.45. The van der Waals surface area contributed by atoms with Gasteiger partial charge in [-0.3, -0.25) is 19.4 Å². The minimum absolute atomic E-state index is 0.209. The molecule has 2 N–H and O–H groups in total. The lowest BCUT2D eigenvalue weighted by Gasteiger charge is -2.26. The molecule has 2 heterocycles. The van der Waals surface area contributed by atoms with E-state index in [2.05, 4.69) is 20.6 Å². The normalized spacial score (nSPS) is 15.6. The van der Waals surface area contributed by atoms with Crippen molar-refractivity contribution in [3.8, 4) is 0 Å². The number of halogens is 1. The van der Waals surface area contributed by atoms with Crippen molar-refractivity contribution in [2.45, 2.75) is 26.4 Å². The van der Waals surface area contributed by atoms with Gasteiger partial charge in [0.25, 0.3) is 11.8 Å². The average molecular weight is 450 g/mol. The number of aryl methyl sites for hydroxylation is 1. The third-order valence-electron chi connectivity index (χ3n) is 5.14. The summed E-state index contributed by atoms with van der Waals surface area (Å²) in [5, 5.41) is 5.90. The number of carbonyl (C=O) groups is 3. The van der Waals surface area contributed by atoms with Crippen molar-refractivity contribution in [3.63, 3.8) is 0 Å². The molecule has 0 fully saturated rings. The highest BCUT2D eigenvalue weighted by molar-refractivity contribution is 6.31. The Hall–Kier alpha value is -3.78. The maximum atomic E-state index is 13.1. The van der Waals surface area contributed by atoms with Gasteiger partial charge in [0, 0.05) is 23.3 Å². The van der Waals surface area contributed by atoms with Gasteiger partial charge in [0.15, 0.2) is 5.82 Å². The number of nitrogens with one attached hydrogen (secondary N) is 2. The molecule has 1 atom stereocenters. The molecule has 3 aromatic rings. The first kappa shape index (κ1) is 21.5. The summed E-state index contributed by atoms with van der Waals surface area (Å²) in [5.41, 5.74) is 2.69. The van der Waals surface area contributed by atoms with Crippen molar-refractivity contribution in [1.82, 2.24) is 14.9 Å². The van der Waals surface area contributed by atoms with Crippen molar-refractivity contribution in [2.24, 2.45) is 0 Å². The lowest BCUT2D eigenvalue weighted by molar-refractivity contribution is -0.120. The Morgan fingerprint density at radius 2 is 1.91 bits per heavy atom. The van der Waals surface area contributed by atoms with Crippen molar-refractivity contribution in [3.05, 3.63) is 82.3 Å². The molecule has 2 aromatic carbocycles. The van der Waals surface area contributed by atoms with Crippen LogP contribution in [0.25, 0.3) is 0 Å². The molecule has 0 bridgehead atoms. The monoisotopic (exact) mass is 449 g/mol. The largest absolute Gasteiger partial charge is 0.324 e. The van der Waals surface area contributed by atoms with Crippen molar-refractivity contribution in [2.75, 3.05) is 10.6 Å². The topological polar surface area (TPSA) is 104 Å². The molecular weight excluding hydrogens is 430 g/mol. The molecule has 0 spiro atoms. The highest BCUT2D eigenvalue weighted by Gasteiger charge is 2.32. The van der Waals surface area contributed by atoms with Crippen molar-refractivity contribution >= 4 is 40.8 Å². The molecule has 0 aliphatic carbocycles. The Balaban J connectivity index is 1.52. The van der Waals surface area contributed by atoms with Crippen LogP contribution >= 0.6 is 11.6 Å². The Labute approximate surface area is 189 Å². The summed E-state index contributed by atoms with van der Waals surface area (Å²) in [5.74, 6) is -0.523. The van der Waals surface area contributed by atoms with Crippen LogP contribution in [-0.4, -0.2) is 38.6 Å². The highest BCUT2D eigenvalue weighted by atomic mass is 35.5. The van der Waals surface area contributed by atoms with Crippen LogP contribution in [0.3, 0.4) is 0 Å². The summed E-state index contributed by atoms with van der Waals surface area (Å²) in [7, 11) is 0. The molecular formula is C23H20ClN5O3. The maximum absolute atomic E-state index is 13.1. The molecule has 1 aliphatic heterocycles. The first-order chi connectivity index (χ1) is 15.3. The molecule has 4 rings (SSSR count). The zero-order chi connectivity index (χ0) is 22.8. The predicted molar refractivity (Wildman–Crippen MR) is 121 cm³/mol. The highest BCUT2D eigenvalue weighted by Crippen LogP contribution is 2.27. The fraction of sp³-hybridized carbons (Fsp3) is 0.174. The molecule has 0 saturated carbocycles. The molecule has 0 unspecified atom stereocenters. The minimum atomic E-state index is -0.684. The molecule has 3 amide bonds. The summed E-state index contributed by atoms with van der Waals surface area (Å²) < 4.78 is 0. The Bertz CT molecular complexity index is 1210. The van der Waals surface area contributed by atoms with Crippen molar-refractivity contribution in [1.29, 1.82) is 0 Å². The summed E-state index contributed by atoms with van der Waals surface area (Å²) in [6.45, 7) is 3.67. The number of hydrogen-bond acceptors (Lipinski definition) is 5. The lowest BCUT2D eigenvalue weighted by atomic mass is 10.1. The fourth-order valence-corrected chi connectivity index (χ4v) is 3.57. The van der Waals surface area contributed by atoms with Crippen LogP contribution in [0.2, 0.25) is 5.02 Å². The number of fused-ring (bicyclic) bond motifs is 1. The molecule has 9 heteroatoms. The predicted octanol–water partition coefficient (Wildman–Crippen LogP) is 3.67. The average Bonchev–Trinajstić information content (AvgIpc) is 2.84. The van der Waals surface area contributed by atoms with E-state index in [1.54, 1.807) is 62.5 Å². The lowest BCUT2D eigenvalue weighted by Crippen LogP contribution is -2.42. The number of hydrogen-bond donors (Lipinski definition) is 2. The van der Waals surface area contributed by atoms with E-state index in [-0.39, 0.29) is 24.3 Å². The van der Waals surface area contributed by atoms with Crippen molar-refractivity contribution < 1.29 is 14.4 Å². The van der Waals surface area contributed by atoms with Gasteiger partial charge in [-0.05, 0) is 49.7 Å². The van der Waals surface area contributed by atoms with Crippen LogP contribution < -0.4 is 10.6 Å². The number of nitrogens with zero attached hydrogens (tertiary/aromatic N) is 3. The van der Waals surface area contributed by atoms with Gasteiger partial charge >= 0.3 is 0 Å². The molecule has 1 aliphatic rings. The van der Waals surface area contributed by atoms with Gasteiger partial charge in [-0.2, -0.15) is 0 Å². The Morgan fingerprint density at radius 3 is 2.62 bits per heavy atom. The summed E-state index contributed by atoms with van der Waals surface area (Å²) in [4.78, 5) is 47.9. The molecule has 8 nitrogen and oxygen atoms in total. The maximum Gasteiger partial charge on any atom is 0.256 e. The minimum Gasteiger partial charge on any atom is -0.324 e. The van der Waals surface area contributed by atoms with E-state index in [0.29, 0.717) is 33.3 Å². The van der Waals surface area contributed by atoms with Gasteiger partial charge in [0.2, 0.25) is 5.91 Å². The molecule has 0 radical (unpaired) electrons. The fourth-order valence-electron chi connectivity index (χ4n) is 3.39. The van der Waals surface area contributed by atoms with Gasteiger partial charge in [-0.25, -0.2) is 4.98 Å².